The normalized spacial score (nSPS) is 27.4. The van der Waals surface area contributed by atoms with Gasteiger partial charge in [-0.1, -0.05) is 34.6 Å². The SMILES string of the molecule is CC1(C)CCC(N(C(=O)C(C)(C)C)C2CNC(c3nccs3)C2)CC1. The predicted molar refractivity (Wildman–Crippen MR) is 104 cm³/mol. The van der Waals surface area contributed by atoms with Crippen molar-refractivity contribution in [2.24, 2.45) is 10.8 Å². The van der Waals surface area contributed by atoms with Gasteiger partial charge in [-0.05, 0) is 37.5 Å². The minimum atomic E-state index is -0.327. The van der Waals surface area contributed by atoms with Gasteiger partial charge >= 0.3 is 0 Å². The second-order valence-corrected chi connectivity index (χ2v) is 10.5. The van der Waals surface area contributed by atoms with E-state index in [4.69, 9.17) is 0 Å². The Labute approximate surface area is 156 Å². The summed E-state index contributed by atoms with van der Waals surface area (Å²) in [6.45, 7) is 11.7. The molecule has 0 aromatic carbocycles. The van der Waals surface area contributed by atoms with Gasteiger partial charge in [0.1, 0.15) is 5.01 Å². The molecule has 1 aliphatic heterocycles. The lowest BCUT2D eigenvalue weighted by Crippen LogP contribution is -2.53. The van der Waals surface area contributed by atoms with Gasteiger partial charge in [0.05, 0.1) is 6.04 Å². The number of aromatic nitrogens is 1. The first-order valence-electron chi connectivity index (χ1n) is 9.63. The highest BCUT2D eigenvalue weighted by atomic mass is 32.1. The lowest BCUT2D eigenvalue weighted by Gasteiger charge is -2.45. The molecule has 25 heavy (non-hydrogen) atoms. The van der Waals surface area contributed by atoms with E-state index in [1.165, 1.54) is 12.8 Å². The van der Waals surface area contributed by atoms with Crippen molar-refractivity contribution >= 4 is 17.2 Å². The first kappa shape index (κ1) is 18.8. The molecule has 2 heterocycles. The van der Waals surface area contributed by atoms with Crippen molar-refractivity contribution in [1.82, 2.24) is 15.2 Å². The number of carbonyl (C=O) groups is 1. The topological polar surface area (TPSA) is 45.2 Å². The molecule has 140 valence electrons. The molecule has 0 radical (unpaired) electrons. The molecule has 1 saturated heterocycles. The van der Waals surface area contributed by atoms with Crippen LogP contribution < -0.4 is 5.32 Å². The quantitative estimate of drug-likeness (QED) is 0.866. The summed E-state index contributed by atoms with van der Waals surface area (Å²) in [5.74, 6) is 0.309. The lowest BCUT2D eigenvalue weighted by atomic mass is 9.74. The van der Waals surface area contributed by atoms with Gasteiger partial charge in [-0.15, -0.1) is 11.3 Å². The molecule has 1 aliphatic carbocycles. The van der Waals surface area contributed by atoms with Crippen LogP contribution in [0.2, 0.25) is 0 Å². The lowest BCUT2D eigenvalue weighted by molar-refractivity contribution is -0.145. The number of rotatable bonds is 3. The first-order chi connectivity index (χ1) is 11.7. The maximum Gasteiger partial charge on any atom is 0.228 e. The molecule has 1 N–H and O–H groups in total. The van der Waals surface area contributed by atoms with Gasteiger partial charge in [-0.3, -0.25) is 4.79 Å². The molecule has 1 saturated carbocycles. The monoisotopic (exact) mass is 363 g/mol. The number of nitrogens with one attached hydrogen (secondary N) is 1. The van der Waals surface area contributed by atoms with Gasteiger partial charge in [0.15, 0.2) is 0 Å². The van der Waals surface area contributed by atoms with Crippen molar-refractivity contribution in [3.63, 3.8) is 0 Å². The molecular formula is C20H33N3OS. The second-order valence-electron chi connectivity index (χ2n) is 9.58. The van der Waals surface area contributed by atoms with Crippen molar-refractivity contribution in [2.45, 2.75) is 84.8 Å². The number of hydrogen-bond donors (Lipinski definition) is 1. The minimum absolute atomic E-state index is 0.284. The van der Waals surface area contributed by atoms with E-state index in [1.54, 1.807) is 11.3 Å². The molecule has 0 spiro atoms. The van der Waals surface area contributed by atoms with Crippen LogP contribution in [-0.4, -0.2) is 34.4 Å². The zero-order chi connectivity index (χ0) is 18.2. The average Bonchev–Trinajstić information content (AvgIpc) is 3.18. The Bertz CT molecular complexity index is 581. The highest BCUT2D eigenvalue weighted by molar-refractivity contribution is 7.09. The first-order valence-corrected chi connectivity index (χ1v) is 10.5. The standard InChI is InChI=1S/C20H33N3OS/c1-19(2,3)18(24)23(14-6-8-20(4,5)9-7-14)15-12-16(22-13-15)17-21-10-11-25-17/h10-11,14-16,22H,6-9,12-13H2,1-5H3. The van der Waals surface area contributed by atoms with Crippen LogP contribution in [0.3, 0.4) is 0 Å². The molecule has 1 aromatic rings. The zero-order valence-corrected chi connectivity index (χ0v) is 17.2. The second kappa shape index (κ2) is 6.99. The fourth-order valence-corrected chi connectivity index (χ4v) is 4.93. The van der Waals surface area contributed by atoms with E-state index in [9.17, 15) is 4.79 Å². The summed E-state index contributed by atoms with van der Waals surface area (Å²) in [6, 6.07) is 0.966. The third kappa shape index (κ3) is 4.25. The van der Waals surface area contributed by atoms with Crippen LogP contribution in [-0.2, 0) is 4.79 Å². The number of hydrogen-bond acceptors (Lipinski definition) is 4. The van der Waals surface area contributed by atoms with E-state index in [2.05, 4.69) is 49.8 Å². The van der Waals surface area contributed by atoms with E-state index in [1.807, 2.05) is 11.6 Å². The highest BCUT2D eigenvalue weighted by Gasteiger charge is 2.42. The molecule has 4 nitrogen and oxygen atoms in total. The predicted octanol–water partition coefficient (Wildman–Crippen LogP) is 4.39. The van der Waals surface area contributed by atoms with Crippen LogP contribution >= 0.6 is 11.3 Å². The summed E-state index contributed by atoms with van der Waals surface area (Å²) in [5, 5.41) is 6.79. The van der Waals surface area contributed by atoms with Crippen LogP contribution in [0, 0.1) is 10.8 Å². The van der Waals surface area contributed by atoms with E-state index >= 15 is 0 Å². The average molecular weight is 364 g/mol. The van der Waals surface area contributed by atoms with Crippen molar-refractivity contribution in [2.75, 3.05) is 6.54 Å². The van der Waals surface area contributed by atoms with Crippen molar-refractivity contribution < 1.29 is 4.79 Å². The van der Waals surface area contributed by atoms with Gasteiger partial charge in [0.25, 0.3) is 0 Å². The molecule has 5 heteroatoms. The van der Waals surface area contributed by atoms with Gasteiger partial charge in [0.2, 0.25) is 5.91 Å². The van der Waals surface area contributed by atoms with Gasteiger partial charge < -0.3 is 10.2 Å². The number of nitrogens with zero attached hydrogens (tertiary/aromatic N) is 2. The Morgan fingerprint density at radius 2 is 1.96 bits per heavy atom. The molecule has 2 unspecified atom stereocenters. The fraction of sp³-hybridized carbons (Fsp3) is 0.800. The summed E-state index contributed by atoms with van der Waals surface area (Å²) >= 11 is 1.71. The largest absolute Gasteiger partial charge is 0.335 e. The summed E-state index contributed by atoms with van der Waals surface area (Å²) in [5.41, 5.74) is 0.0938. The highest BCUT2D eigenvalue weighted by Crippen LogP contribution is 2.40. The third-order valence-corrected chi connectivity index (χ3v) is 6.72. The molecular weight excluding hydrogens is 330 g/mol. The summed E-state index contributed by atoms with van der Waals surface area (Å²) in [4.78, 5) is 20.0. The molecule has 2 atom stereocenters. The van der Waals surface area contributed by atoms with Crippen LogP contribution in [0.1, 0.15) is 77.8 Å². The van der Waals surface area contributed by atoms with Crippen LogP contribution in [0.5, 0.6) is 0 Å². The summed E-state index contributed by atoms with van der Waals surface area (Å²) < 4.78 is 0. The zero-order valence-electron chi connectivity index (χ0n) is 16.3. The Balaban J connectivity index is 1.76. The van der Waals surface area contributed by atoms with Crippen molar-refractivity contribution in [3.05, 3.63) is 16.6 Å². The minimum Gasteiger partial charge on any atom is -0.335 e. The van der Waals surface area contributed by atoms with Crippen molar-refractivity contribution in [3.8, 4) is 0 Å². The molecule has 2 aliphatic rings. The van der Waals surface area contributed by atoms with E-state index in [0.717, 1.165) is 30.8 Å². The van der Waals surface area contributed by atoms with Crippen LogP contribution in [0.15, 0.2) is 11.6 Å². The van der Waals surface area contributed by atoms with Crippen LogP contribution in [0.25, 0.3) is 0 Å². The maximum absolute atomic E-state index is 13.3. The molecule has 0 bridgehead atoms. The Hall–Kier alpha value is -0.940. The Kier molecular flexibility index (Phi) is 5.27. The fourth-order valence-electron chi connectivity index (χ4n) is 4.20. The maximum atomic E-state index is 13.3. The Morgan fingerprint density at radius 3 is 2.52 bits per heavy atom. The number of thiazole rings is 1. The molecule has 3 rings (SSSR count). The van der Waals surface area contributed by atoms with E-state index in [0.29, 0.717) is 23.4 Å². The third-order valence-electron chi connectivity index (χ3n) is 5.83. The summed E-state index contributed by atoms with van der Waals surface area (Å²) in [6.07, 6.45) is 7.54. The van der Waals surface area contributed by atoms with Gasteiger partial charge in [0, 0.05) is 35.6 Å². The van der Waals surface area contributed by atoms with E-state index in [-0.39, 0.29) is 11.5 Å². The molecule has 1 aromatic heterocycles. The number of amides is 1. The van der Waals surface area contributed by atoms with Crippen LogP contribution in [0.4, 0.5) is 0 Å². The van der Waals surface area contributed by atoms with Crippen molar-refractivity contribution in [1.29, 1.82) is 0 Å². The van der Waals surface area contributed by atoms with E-state index < -0.39 is 0 Å². The molecule has 1 amide bonds. The van der Waals surface area contributed by atoms with Gasteiger partial charge in [-0.2, -0.15) is 0 Å². The Morgan fingerprint density at radius 1 is 1.28 bits per heavy atom. The molecule has 2 fully saturated rings. The summed E-state index contributed by atoms with van der Waals surface area (Å²) in [7, 11) is 0. The smallest absolute Gasteiger partial charge is 0.228 e. The van der Waals surface area contributed by atoms with Gasteiger partial charge in [-0.25, -0.2) is 4.98 Å². The number of carbonyl (C=O) groups excluding carboxylic acids is 1.